The van der Waals surface area contributed by atoms with Crippen LogP contribution in [-0.2, 0) is 9.53 Å². The molecule has 1 aromatic carbocycles. The Balaban J connectivity index is 2.60. The number of hydrogen-bond acceptors (Lipinski definition) is 3. The van der Waals surface area contributed by atoms with Gasteiger partial charge in [0.15, 0.2) is 0 Å². The van der Waals surface area contributed by atoms with Gasteiger partial charge in [0.2, 0.25) is 0 Å². The van der Waals surface area contributed by atoms with E-state index in [1.165, 1.54) is 0 Å². The normalized spacial score (nSPS) is 13.6. The highest BCUT2D eigenvalue weighted by molar-refractivity contribution is 5.95. The minimum absolute atomic E-state index is 0.0296. The molecule has 0 aliphatic heterocycles. The van der Waals surface area contributed by atoms with Gasteiger partial charge in [0.1, 0.15) is 12.2 Å². The molecule has 0 saturated heterocycles. The number of anilines is 1. The lowest BCUT2D eigenvalue weighted by Gasteiger charge is -2.20. The summed E-state index contributed by atoms with van der Waals surface area (Å²) in [6.45, 7) is 7.93. The molecule has 1 N–H and O–H groups in total. The number of nitrogens with one attached hydrogen (secondary N) is 1. The summed E-state index contributed by atoms with van der Waals surface area (Å²) in [4.78, 5) is 12.1. The van der Waals surface area contributed by atoms with Crippen molar-refractivity contribution in [2.24, 2.45) is 5.92 Å². The van der Waals surface area contributed by atoms with Crippen molar-refractivity contribution >= 4 is 11.6 Å². The quantitative estimate of drug-likeness (QED) is 0.865. The third kappa shape index (κ3) is 5.02. The molecule has 4 nitrogen and oxygen atoms in total. The monoisotopic (exact) mass is 274 g/mol. The molecule has 108 valence electrons. The van der Waals surface area contributed by atoms with Crippen LogP contribution < -0.4 is 5.32 Å². The summed E-state index contributed by atoms with van der Waals surface area (Å²) in [5, 5.41) is 11.7. The molecule has 0 fully saturated rings. The first-order valence-corrected chi connectivity index (χ1v) is 6.89. The first kappa shape index (κ1) is 16.2. The van der Waals surface area contributed by atoms with Crippen molar-refractivity contribution in [3.05, 3.63) is 29.8 Å². The van der Waals surface area contributed by atoms with Gasteiger partial charge in [-0.3, -0.25) is 4.79 Å². The van der Waals surface area contributed by atoms with E-state index in [1.807, 2.05) is 6.92 Å². The molecule has 0 aliphatic rings. The maximum atomic E-state index is 12.1. The number of carbonyl (C=O) groups excluding carboxylic acids is 1. The van der Waals surface area contributed by atoms with Gasteiger partial charge in [-0.05, 0) is 38.3 Å². The lowest BCUT2D eigenvalue weighted by atomic mass is 10.1. The van der Waals surface area contributed by atoms with Crippen LogP contribution in [0.4, 0.5) is 5.69 Å². The van der Waals surface area contributed by atoms with E-state index in [-0.39, 0.29) is 12.0 Å². The Morgan fingerprint density at radius 1 is 1.30 bits per heavy atom. The molecule has 0 saturated carbocycles. The van der Waals surface area contributed by atoms with Crippen molar-refractivity contribution in [1.29, 1.82) is 5.26 Å². The first-order chi connectivity index (χ1) is 9.43. The van der Waals surface area contributed by atoms with E-state index < -0.39 is 6.10 Å². The topological polar surface area (TPSA) is 62.1 Å². The molecule has 1 rings (SSSR count). The van der Waals surface area contributed by atoms with Crippen LogP contribution >= 0.6 is 0 Å². The van der Waals surface area contributed by atoms with Gasteiger partial charge in [-0.2, -0.15) is 5.26 Å². The molecule has 1 amide bonds. The van der Waals surface area contributed by atoms with Crippen molar-refractivity contribution < 1.29 is 9.53 Å². The number of hydrogen-bond donors (Lipinski definition) is 1. The fraction of sp³-hybridized carbons (Fsp3) is 0.500. The van der Waals surface area contributed by atoms with Crippen LogP contribution in [0.2, 0.25) is 0 Å². The Morgan fingerprint density at radius 3 is 2.55 bits per heavy atom. The van der Waals surface area contributed by atoms with Crippen molar-refractivity contribution in [2.45, 2.75) is 46.3 Å². The SMILES string of the molecule is CC(C)CC(C)OC(C)C(=O)Nc1ccccc1C#N. The number of nitrogens with zero attached hydrogens (tertiary/aromatic N) is 1. The van der Waals surface area contributed by atoms with Gasteiger partial charge in [-0.25, -0.2) is 0 Å². The van der Waals surface area contributed by atoms with Gasteiger partial charge in [0, 0.05) is 0 Å². The zero-order chi connectivity index (χ0) is 15.1. The fourth-order valence-corrected chi connectivity index (χ4v) is 2.05. The second-order valence-electron chi connectivity index (χ2n) is 5.37. The minimum Gasteiger partial charge on any atom is -0.366 e. The van der Waals surface area contributed by atoms with Gasteiger partial charge in [0.25, 0.3) is 5.91 Å². The van der Waals surface area contributed by atoms with E-state index in [2.05, 4.69) is 25.2 Å². The summed E-state index contributed by atoms with van der Waals surface area (Å²) in [7, 11) is 0. The molecular weight excluding hydrogens is 252 g/mol. The van der Waals surface area contributed by atoms with E-state index in [4.69, 9.17) is 10.00 Å². The summed E-state index contributed by atoms with van der Waals surface area (Å²) in [5.41, 5.74) is 0.968. The molecule has 1 aromatic rings. The number of carbonyl (C=O) groups is 1. The molecule has 0 bridgehead atoms. The summed E-state index contributed by atoms with van der Waals surface area (Å²) in [5.74, 6) is 0.294. The summed E-state index contributed by atoms with van der Waals surface area (Å²) in [6, 6.07) is 8.97. The van der Waals surface area contributed by atoms with Crippen LogP contribution in [-0.4, -0.2) is 18.1 Å². The molecule has 0 radical (unpaired) electrons. The average Bonchev–Trinajstić information content (AvgIpc) is 2.38. The zero-order valence-corrected chi connectivity index (χ0v) is 12.5. The average molecular weight is 274 g/mol. The molecule has 2 atom stereocenters. The van der Waals surface area contributed by atoms with Crippen LogP contribution in [0.25, 0.3) is 0 Å². The van der Waals surface area contributed by atoms with E-state index in [1.54, 1.807) is 31.2 Å². The molecule has 0 aromatic heterocycles. The smallest absolute Gasteiger partial charge is 0.253 e. The number of benzene rings is 1. The van der Waals surface area contributed by atoms with E-state index in [9.17, 15) is 4.79 Å². The highest BCUT2D eigenvalue weighted by Gasteiger charge is 2.18. The zero-order valence-electron chi connectivity index (χ0n) is 12.5. The predicted molar refractivity (Wildman–Crippen MR) is 79.3 cm³/mol. The molecule has 4 heteroatoms. The third-order valence-electron chi connectivity index (χ3n) is 2.91. The van der Waals surface area contributed by atoms with Crippen molar-refractivity contribution in [1.82, 2.24) is 0 Å². The standard InChI is InChI=1S/C16H22N2O2/c1-11(2)9-12(3)20-13(4)16(19)18-15-8-6-5-7-14(15)10-17/h5-8,11-13H,9H2,1-4H3,(H,18,19). The summed E-state index contributed by atoms with van der Waals surface area (Å²) in [6.07, 6.45) is 0.393. The third-order valence-corrected chi connectivity index (χ3v) is 2.91. The highest BCUT2D eigenvalue weighted by atomic mass is 16.5. The number of ether oxygens (including phenoxy) is 1. The predicted octanol–water partition coefficient (Wildman–Crippen LogP) is 3.34. The molecule has 0 aliphatic carbocycles. The Hall–Kier alpha value is -1.86. The molecule has 2 unspecified atom stereocenters. The lowest BCUT2D eigenvalue weighted by molar-refractivity contribution is -0.129. The van der Waals surface area contributed by atoms with Gasteiger partial charge in [-0.1, -0.05) is 26.0 Å². The van der Waals surface area contributed by atoms with Crippen molar-refractivity contribution in [3.8, 4) is 6.07 Å². The van der Waals surface area contributed by atoms with E-state index in [0.29, 0.717) is 17.2 Å². The fourth-order valence-electron chi connectivity index (χ4n) is 2.05. The van der Waals surface area contributed by atoms with Crippen LogP contribution in [0, 0.1) is 17.2 Å². The number of amides is 1. The second-order valence-corrected chi connectivity index (χ2v) is 5.37. The van der Waals surface area contributed by atoms with Crippen molar-refractivity contribution in [2.75, 3.05) is 5.32 Å². The second kappa shape index (κ2) is 7.66. The highest BCUT2D eigenvalue weighted by Crippen LogP contribution is 2.15. The van der Waals surface area contributed by atoms with Gasteiger partial charge in [0.05, 0.1) is 17.4 Å². The Labute approximate surface area is 120 Å². The molecule has 0 heterocycles. The summed E-state index contributed by atoms with van der Waals surface area (Å²) < 4.78 is 5.67. The number of rotatable bonds is 6. The molecule has 0 spiro atoms. The molecular formula is C16H22N2O2. The van der Waals surface area contributed by atoms with Gasteiger partial charge in [-0.15, -0.1) is 0 Å². The number of nitriles is 1. The van der Waals surface area contributed by atoms with Crippen molar-refractivity contribution in [3.63, 3.8) is 0 Å². The lowest BCUT2D eigenvalue weighted by Crippen LogP contribution is -2.31. The van der Waals surface area contributed by atoms with Gasteiger partial charge >= 0.3 is 0 Å². The summed E-state index contributed by atoms with van der Waals surface area (Å²) >= 11 is 0. The van der Waals surface area contributed by atoms with Crippen LogP contribution in [0.1, 0.15) is 39.7 Å². The van der Waals surface area contributed by atoms with Crippen LogP contribution in [0.3, 0.4) is 0 Å². The van der Waals surface area contributed by atoms with Crippen LogP contribution in [0.15, 0.2) is 24.3 Å². The Bertz CT molecular complexity index is 491. The van der Waals surface area contributed by atoms with E-state index >= 15 is 0 Å². The van der Waals surface area contributed by atoms with Crippen LogP contribution in [0.5, 0.6) is 0 Å². The maximum absolute atomic E-state index is 12.1. The Kier molecular flexibility index (Phi) is 6.20. The van der Waals surface area contributed by atoms with Gasteiger partial charge < -0.3 is 10.1 Å². The van der Waals surface area contributed by atoms with E-state index in [0.717, 1.165) is 6.42 Å². The maximum Gasteiger partial charge on any atom is 0.253 e. The Morgan fingerprint density at radius 2 is 1.95 bits per heavy atom. The number of para-hydroxylation sites is 1. The minimum atomic E-state index is -0.546. The molecule has 20 heavy (non-hydrogen) atoms. The first-order valence-electron chi connectivity index (χ1n) is 6.89. The largest absolute Gasteiger partial charge is 0.366 e.